The van der Waals surface area contributed by atoms with Gasteiger partial charge in [-0.25, -0.2) is 0 Å². The van der Waals surface area contributed by atoms with Crippen molar-refractivity contribution in [3.05, 3.63) is 21.4 Å². The van der Waals surface area contributed by atoms with Crippen LogP contribution in [0.2, 0.25) is 0 Å². The van der Waals surface area contributed by atoms with Crippen molar-refractivity contribution in [3.8, 4) is 0 Å². The number of nitrogens with one attached hydrogen (secondary N) is 1. The molecule has 0 aliphatic carbocycles. The van der Waals surface area contributed by atoms with Crippen molar-refractivity contribution in [1.29, 1.82) is 0 Å². The molecule has 2 rings (SSSR count). The molecule has 0 bridgehead atoms. The molecule has 2 heterocycles. The maximum Gasteiger partial charge on any atom is 0.264 e. The van der Waals surface area contributed by atoms with Gasteiger partial charge < -0.3 is 10.2 Å². The van der Waals surface area contributed by atoms with Crippen molar-refractivity contribution >= 4 is 17.2 Å². The second-order valence-electron chi connectivity index (χ2n) is 5.38. The second kappa shape index (κ2) is 6.06. The molecular weight excluding hydrogens is 256 g/mol. The highest BCUT2D eigenvalue weighted by atomic mass is 32.1. The number of nitrogens with zero attached hydrogens (tertiary/aromatic N) is 1. The van der Waals surface area contributed by atoms with E-state index in [0.29, 0.717) is 12.1 Å². The number of hydrogen-bond donors (Lipinski definition) is 1. The van der Waals surface area contributed by atoms with Crippen molar-refractivity contribution in [2.24, 2.45) is 0 Å². The van der Waals surface area contributed by atoms with E-state index in [1.807, 2.05) is 6.07 Å². The van der Waals surface area contributed by atoms with Crippen LogP contribution in [0.3, 0.4) is 0 Å². The smallest absolute Gasteiger partial charge is 0.264 e. The minimum atomic E-state index is 0.216. The SMILES string of the molecule is CCC1CN(C(=O)c2cc(C)c(C)s2)C(CC)CN1. The van der Waals surface area contributed by atoms with E-state index < -0.39 is 0 Å². The molecule has 1 aliphatic heterocycles. The lowest BCUT2D eigenvalue weighted by atomic mass is 10.0. The number of rotatable bonds is 3. The van der Waals surface area contributed by atoms with Crippen LogP contribution in [0.1, 0.15) is 46.8 Å². The van der Waals surface area contributed by atoms with E-state index in [1.165, 1.54) is 10.4 Å². The van der Waals surface area contributed by atoms with E-state index in [1.54, 1.807) is 11.3 Å². The van der Waals surface area contributed by atoms with Gasteiger partial charge >= 0.3 is 0 Å². The summed E-state index contributed by atoms with van der Waals surface area (Å²) in [4.78, 5) is 16.9. The third-order valence-corrected chi connectivity index (χ3v) is 5.24. The van der Waals surface area contributed by atoms with E-state index in [-0.39, 0.29) is 5.91 Å². The third-order valence-electron chi connectivity index (χ3n) is 4.10. The Labute approximate surface area is 120 Å². The van der Waals surface area contributed by atoms with Crippen LogP contribution in [0.4, 0.5) is 0 Å². The molecule has 3 nitrogen and oxygen atoms in total. The Morgan fingerprint density at radius 1 is 1.42 bits per heavy atom. The van der Waals surface area contributed by atoms with Gasteiger partial charge in [0.25, 0.3) is 5.91 Å². The molecule has 1 N–H and O–H groups in total. The molecule has 0 aromatic carbocycles. The molecule has 106 valence electrons. The van der Waals surface area contributed by atoms with Crippen LogP contribution in [-0.4, -0.2) is 36.0 Å². The molecule has 2 atom stereocenters. The average molecular weight is 280 g/mol. The summed E-state index contributed by atoms with van der Waals surface area (Å²) in [5, 5.41) is 3.53. The first-order valence-electron chi connectivity index (χ1n) is 7.18. The van der Waals surface area contributed by atoms with Gasteiger partial charge in [-0.15, -0.1) is 11.3 Å². The normalized spacial score (nSPS) is 23.7. The lowest BCUT2D eigenvalue weighted by Gasteiger charge is -2.39. The standard InChI is InChI=1S/C15H24N2OS/c1-5-12-9-17(13(6-2)8-16-12)15(18)14-7-10(3)11(4)19-14/h7,12-13,16H,5-6,8-9H2,1-4H3. The molecule has 0 saturated carbocycles. The summed E-state index contributed by atoms with van der Waals surface area (Å²) in [5.41, 5.74) is 1.23. The fraction of sp³-hybridized carbons (Fsp3) is 0.667. The topological polar surface area (TPSA) is 32.3 Å². The number of thiophene rings is 1. The van der Waals surface area contributed by atoms with Gasteiger partial charge in [-0.1, -0.05) is 13.8 Å². The van der Waals surface area contributed by atoms with Crippen LogP contribution in [0.5, 0.6) is 0 Å². The lowest BCUT2D eigenvalue weighted by Crippen LogP contribution is -2.57. The van der Waals surface area contributed by atoms with Crippen molar-refractivity contribution < 1.29 is 4.79 Å². The zero-order valence-corrected chi connectivity index (χ0v) is 13.1. The van der Waals surface area contributed by atoms with Gasteiger partial charge in [0, 0.05) is 30.1 Å². The van der Waals surface area contributed by atoms with Gasteiger partial charge in [-0.05, 0) is 38.3 Å². The number of carbonyl (C=O) groups is 1. The first-order chi connectivity index (χ1) is 9.06. The van der Waals surface area contributed by atoms with E-state index >= 15 is 0 Å². The molecule has 1 aromatic heterocycles. The van der Waals surface area contributed by atoms with Crippen molar-refractivity contribution in [3.63, 3.8) is 0 Å². The summed E-state index contributed by atoms with van der Waals surface area (Å²) >= 11 is 1.63. The molecule has 1 aromatic rings. The van der Waals surface area contributed by atoms with E-state index in [9.17, 15) is 4.79 Å². The van der Waals surface area contributed by atoms with Crippen LogP contribution in [0, 0.1) is 13.8 Å². The van der Waals surface area contributed by atoms with Crippen LogP contribution in [-0.2, 0) is 0 Å². The van der Waals surface area contributed by atoms with Gasteiger partial charge in [0.1, 0.15) is 0 Å². The van der Waals surface area contributed by atoms with Crippen LogP contribution in [0.15, 0.2) is 6.07 Å². The predicted octanol–water partition coefficient (Wildman–Crippen LogP) is 2.97. The highest BCUT2D eigenvalue weighted by Gasteiger charge is 2.30. The maximum absolute atomic E-state index is 12.7. The summed E-state index contributed by atoms with van der Waals surface area (Å²) in [6.07, 6.45) is 2.08. The largest absolute Gasteiger partial charge is 0.332 e. The molecule has 0 spiro atoms. The van der Waals surface area contributed by atoms with Gasteiger partial charge in [-0.2, -0.15) is 0 Å². The monoisotopic (exact) mass is 280 g/mol. The van der Waals surface area contributed by atoms with Gasteiger partial charge in [-0.3, -0.25) is 4.79 Å². The lowest BCUT2D eigenvalue weighted by molar-refractivity contribution is 0.0581. The summed E-state index contributed by atoms with van der Waals surface area (Å²) in [5.74, 6) is 0.216. The Balaban J connectivity index is 2.18. The zero-order valence-electron chi connectivity index (χ0n) is 12.3. The van der Waals surface area contributed by atoms with Crippen molar-refractivity contribution in [2.45, 2.75) is 52.6 Å². The number of amides is 1. The Morgan fingerprint density at radius 2 is 2.16 bits per heavy atom. The molecule has 0 radical (unpaired) electrons. The third kappa shape index (κ3) is 3.00. The minimum Gasteiger partial charge on any atom is -0.332 e. The fourth-order valence-corrected chi connectivity index (χ4v) is 3.56. The maximum atomic E-state index is 12.7. The van der Waals surface area contributed by atoms with Crippen LogP contribution >= 0.6 is 11.3 Å². The molecule has 1 saturated heterocycles. The van der Waals surface area contributed by atoms with Crippen molar-refractivity contribution in [2.75, 3.05) is 13.1 Å². The number of aryl methyl sites for hydroxylation is 2. The second-order valence-corrected chi connectivity index (χ2v) is 6.64. The van der Waals surface area contributed by atoms with Crippen LogP contribution in [0.25, 0.3) is 0 Å². The number of carbonyl (C=O) groups excluding carboxylic acids is 1. The molecule has 2 unspecified atom stereocenters. The summed E-state index contributed by atoms with van der Waals surface area (Å²) in [6, 6.07) is 2.81. The predicted molar refractivity (Wildman–Crippen MR) is 81.0 cm³/mol. The molecular formula is C15H24N2OS. The Bertz CT molecular complexity index is 435. The highest BCUT2D eigenvalue weighted by molar-refractivity contribution is 7.14. The fourth-order valence-electron chi connectivity index (χ4n) is 2.57. The summed E-state index contributed by atoms with van der Waals surface area (Å²) in [7, 11) is 0. The molecule has 1 aliphatic rings. The van der Waals surface area contributed by atoms with Gasteiger partial charge in [0.2, 0.25) is 0 Å². The first kappa shape index (κ1) is 14.5. The average Bonchev–Trinajstić information content (AvgIpc) is 2.77. The Hall–Kier alpha value is -0.870. The number of piperazine rings is 1. The zero-order chi connectivity index (χ0) is 14.0. The molecule has 1 fully saturated rings. The Morgan fingerprint density at radius 3 is 2.68 bits per heavy atom. The first-order valence-corrected chi connectivity index (χ1v) is 7.99. The van der Waals surface area contributed by atoms with E-state index in [2.05, 4.69) is 37.9 Å². The minimum absolute atomic E-state index is 0.216. The molecule has 1 amide bonds. The molecule has 4 heteroatoms. The van der Waals surface area contributed by atoms with E-state index in [4.69, 9.17) is 0 Å². The van der Waals surface area contributed by atoms with E-state index in [0.717, 1.165) is 30.8 Å². The van der Waals surface area contributed by atoms with Gasteiger partial charge in [0.05, 0.1) is 4.88 Å². The molecule has 19 heavy (non-hydrogen) atoms. The summed E-state index contributed by atoms with van der Waals surface area (Å²) in [6.45, 7) is 10.2. The highest BCUT2D eigenvalue weighted by Crippen LogP contribution is 2.24. The van der Waals surface area contributed by atoms with Gasteiger partial charge in [0.15, 0.2) is 0 Å². The Kier molecular flexibility index (Phi) is 4.63. The number of hydrogen-bond acceptors (Lipinski definition) is 3. The quantitative estimate of drug-likeness (QED) is 0.923. The van der Waals surface area contributed by atoms with Crippen molar-refractivity contribution in [1.82, 2.24) is 10.2 Å². The van der Waals surface area contributed by atoms with Crippen LogP contribution < -0.4 is 5.32 Å². The summed E-state index contributed by atoms with van der Waals surface area (Å²) < 4.78 is 0.